The third-order valence-corrected chi connectivity index (χ3v) is 3.71. The van der Waals surface area contributed by atoms with Crippen LogP contribution in [0.5, 0.6) is 0 Å². The average molecular weight is 264 g/mol. The molecule has 0 aliphatic rings. The third kappa shape index (κ3) is 1.99. The molecule has 86 valence electrons. The third-order valence-electron chi connectivity index (χ3n) is 2.15. The fourth-order valence-corrected chi connectivity index (χ4v) is 2.62. The Bertz CT molecular complexity index is 614. The molecule has 5 nitrogen and oxygen atoms in total. The van der Waals surface area contributed by atoms with Crippen molar-refractivity contribution in [1.82, 2.24) is 15.1 Å². The highest BCUT2D eigenvalue weighted by Gasteiger charge is 2.13. The minimum atomic E-state index is 0.427. The normalized spacial score (nSPS) is 10.9. The van der Waals surface area contributed by atoms with Gasteiger partial charge >= 0.3 is 0 Å². The lowest BCUT2D eigenvalue weighted by Crippen LogP contribution is -1.94. The van der Waals surface area contributed by atoms with Gasteiger partial charge in [-0.1, -0.05) is 5.16 Å². The van der Waals surface area contributed by atoms with Crippen molar-refractivity contribution in [3.05, 3.63) is 27.2 Å². The summed E-state index contributed by atoms with van der Waals surface area (Å²) in [6, 6.07) is 1.95. The van der Waals surface area contributed by atoms with E-state index in [1.165, 1.54) is 11.3 Å². The molecule has 0 amide bonds. The van der Waals surface area contributed by atoms with E-state index in [0.717, 1.165) is 10.6 Å². The zero-order valence-corrected chi connectivity index (χ0v) is 10.3. The highest BCUT2D eigenvalue weighted by Crippen LogP contribution is 2.24. The van der Waals surface area contributed by atoms with Gasteiger partial charge in [-0.25, -0.2) is 4.98 Å². The second kappa shape index (κ2) is 4.36. The Kier molecular flexibility index (Phi) is 2.71. The highest BCUT2D eigenvalue weighted by molar-refractivity contribution is 7.10. The van der Waals surface area contributed by atoms with Gasteiger partial charge in [0.2, 0.25) is 5.82 Å². The molecule has 7 heteroatoms. The van der Waals surface area contributed by atoms with Crippen molar-refractivity contribution in [2.45, 2.75) is 6.54 Å². The first-order valence-electron chi connectivity index (χ1n) is 4.88. The van der Waals surface area contributed by atoms with Crippen molar-refractivity contribution in [2.24, 2.45) is 5.73 Å². The van der Waals surface area contributed by atoms with E-state index in [1.54, 1.807) is 11.3 Å². The summed E-state index contributed by atoms with van der Waals surface area (Å²) in [6.45, 7) is 0.427. The maximum atomic E-state index is 5.51. The van der Waals surface area contributed by atoms with E-state index in [9.17, 15) is 0 Å². The van der Waals surface area contributed by atoms with Gasteiger partial charge in [0.25, 0.3) is 5.89 Å². The van der Waals surface area contributed by atoms with Gasteiger partial charge in [-0.05, 0) is 11.4 Å². The van der Waals surface area contributed by atoms with Crippen molar-refractivity contribution in [2.75, 3.05) is 0 Å². The molecule has 0 aromatic carbocycles. The van der Waals surface area contributed by atoms with E-state index in [2.05, 4.69) is 15.1 Å². The molecule has 0 atom stereocenters. The number of hydrogen-bond acceptors (Lipinski definition) is 7. The summed E-state index contributed by atoms with van der Waals surface area (Å²) in [6.07, 6.45) is 0. The topological polar surface area (TPSA) is 77.8 Å². The summed E-state index contributed by atoms with van der Waals surface area (Å²) < 4.78 is 5.18. The van der Waals surface area contributed by atoms with E-state index in [1.807, 2.05) is 22.2 Å². The van der Waals surface area contributed by atoms with Crippen molar-refractivity contribution in [1.29, 1.82) is 0 Å². The van der Waals surface area contributed by atoms with Crippen LogP contribution in [-0.2, 0) is 6.54 Å². The molecule has 0 bridgehead atoms. The van der Waals surface area contributed by atoms with Gasteiger partial charge in [0, 0.05) is 22.9 Å². The summed E-state index contributed by atoms with van der Waals surface area (Å²) in [7, 11) is 0. The van der Waals surface area contributed by atoms with E-state index in [0.29, 0.717) is 24.0 Å². The Morgan fingerprint density at radius 1 is 1.29 bits per heavy atom. The van der Waals surface area contributed by atoms with Crippen LogP contribution in [0.2, 0.25) is 0 Å². The minimum absolute atomic E-state index is 0.427. The Labute approximate surface area is 105 Å². The SMILES string of the molecule is NCc1nc(-c2nc(-c3ccsc3)no2)cs1. The largest absolute Gasteiger partial charge is 0.332 e. The second-order valence-electron chi connectivity index (χ2n) is 3.27. The summed E-state index contributed by atoms with van der Waals surface area (Å²) in [4.78, 5) is 8.60. The summed E-state index contributed by atoms with van der Waals surface area (Å²) in [5.74, 6) is 1.02. The first-order valence-corrected chi connectivity index (χ1v) is 6.70. The van der Waals surface area contributed by atoms with E-state index < -0.39 is 0 Å². The number of nitrogens with zero attached hydrogens (tertiary/aromatic N) is 3. The lowest BCUT2D eigenvalue weighted by atomic mass is 10.3. The molecule has 17 heavy (non-hydrogen) atoms. The van der Waals surface area contributed by atoms with Crippen molar-refractivity contribution >= 4 is 22.7 Å². The van der Waals surface area contributed by atoms with E-state index >= 15 is 0 Å². The maximum absolute atomic E-state index is 5.51. The first-order chi connectivity index (χ1) is 8.36. The molecule has 0 aliphatic carbocycles. The van der Waals surface area contributed by atoms with Gasteiger partial charge in [0.15, 0.2) is 0 Å². The summed E-state index contributed by atoms with van der Waals surface area (Å²) in [5.41, 5.74) is 7.15. The zero-order chi connectivity index (χ0) is 11.7. The van der Waals surface area contributed by atoms with Crippen LogP contribution < -0.4 is 5.73 Å². The minimum Gasteiger partial charge on any atom is -0.332 e. The Hall–Kier alpha value is -1.57. The van der Waals surface area contributed by atoms with Crippen molar-refractivity contribution in [3.63, 3.8) is 0 Å². The Balaban J connectivity index is 1.94. The van der Waals surface area contributed by atoms with Crippen LogP contribution >= 0.6 is 22.7 Å². The first kappa shape index (κ1) is 10.6. The number of nitrogens with two attached hydrogens (primary N) is 1. The Morgan fingerprint density at radius 2 is 2.24 bits per heavy atom. The predicted octanol–water partition coefficient (Wildman–Crippen LogP) is 2.38. The Morgan fingerprint density at radius 3 is 2.94 bits per heavy atom. The van der Waals surface area contributed by atoms with Crippen molar-refractivity contribution < 1.29 is 4.52 Å². The smallest absolute Gasteiger partial charge is 0.277 e. The van der Waals surface area contributed by atoms with Crippen LogP contribution in [0.15, 0.2) is 26.7 Å². The van der Waals surface area contributed by atoms with Gasteiger partial charge in [0.05, 0.1) is 0 Å². The van der Waals surface area contributed by atoms with E-state index in [4.69, 9.17) is 10.3 Å². The number of thiophene rings is 1. The van der Waals surface area contributed by atoms with Crippen LogP contribution in [0.25, 0.3) is 23.0 Å². The number of aromatic nitrogens is 3. The van der Waals surface area contributed by atoms with Gasteiger partial charge in [0.1, 0.15) is 10.7 Å². The van der Waals surface area contributed by atoms with Crippen LogP contribution in [0, 0.1) is 0 Å². The molecular formula is C10H8N4OS2. The molecule has 0 saturated heterocycles. The molecule has 2 N–H and O–H groups in total. The molecule has 0 radical (unpaired) electrons. The van der Waals surface area contributed by atoms with Crippen LogP contribution in [0.1, 0.15) is 5.01 Å². The molecule has 3 heterocycles. The molecular weight excluding hydrogens is 256 g/mol. The molecule has 3 aromatic heterocycles. The summed E-state index contributed by atoms with van der Waals surface area (Å²) in [5, 5.41) is 10.6. The van der Waals surface area contributed by atoms with Gasteiger partial charge in [-0.2, -0.15) is 16.3 Å². The molecule has 0 aliphatic heterocycles. The molecule has 0 saturated carbocycles. The summed E-state index contributed by atoms with van der Waals surface area (Å²) >= 11 is 3.08. The predicted molar refractivity (Wildman–Crippen MR) is 66.6 cm³/mol. The average Bonchev–Trinajstić information content (AvgIpc) is 3.09. The number of thiazole rings is 1. The number of rotatable bonds is 3. The monoisotopic (exact) mass is 264 g/mol. The van der Waals surface area contributed by atoms with Crippen LogP contribution in [0.3, 0.4) is 0 Å². The molecule has 0 spiro atoms. The zero-order valence-electron chi connectivity index (χ0n) is 8.66. The lowest BCUT2D eigenvalue weighted by Gasteiger charge is -1.85. The van der Waals surface area contributed by atoms with Crippen LogP contribution in [0.4, 0.5) is 0 Å². The fraction of sp³-hybridized carbons (Fsp3) is 0.100. The van der Waals surface area contributed by atoms with E-state index in [-0.39, 0.29) is 0 Å². The standard InChI is InChI=1S/C10H8N4OS2/c11-3-8-12-7(5-17-8)10-13-9(14-15-10)6-1-2-16-4-6/h1-2,4-5H,3,11H2. The quantitative estimate of drug-likeness (QED) is 0.785. The fourth-order valence-electron chi connectivity index (χ4n) is 1.34. The number of hydrogen-bond donors (Lipinski definition) is 1. The van der Waals surface area contributed by atoms with Crippen molar-refractivity contribution in [3.8, 4) is 23.0 Å². The second-order valence-corrected chi connectivity index (χ2v) is 4.99. The van der Waals surface area contributed by atoms with Gasteiger partial charge < -0.3 is 10.3 Å². The maximum Gasteiger partial charge on any atom is 0.277 e. The lowest BCUT2D eigenvalue weighted by molar-refractivity contribution is 0.431. The molecule has 0 unspecified atom stereocenters. The highest BCUT2D eigenvalue weighted by atomic mass is 32.1. The molecule has 3 aromatic rings. The molecule has 0 fully saturated rings. The van der Waals surface area contributed by atoms with Gasteiger partial charge in [-0.15, -0.1) is 11.3 Å². The molecule has 3 rings (SSSR count). The van der Waals surface area contributed by atoms with Crippen LogP contribution in [-0.4, -0.2) is 15.1 Å². The van der Waals surface area contributed by atoms with Gasteiger partial charge in [-0.3, -0.25) is 0 Å².